The van der Waals surface area contributed by atoms with Gasteiger partial charge in [-0.1, -0.05) is 6.08 Å². The Hall–Kier alpha value is -1.88. The lowest BCUT2D eigenvalue weighted by Gasteiger charge is -2.15. The third kappa shape index (κ3) is 4.18. The Morgan fingerprint density at radius 1 is 1.67 bits per heavy atom. The molecule has 0 amide bonds. The average molecular weight is 253 g/mol. The van der Waals surface area contributed by atoms with Gasteiger partial charge in [-0.25, -0.2) is 9.18 Å². The standard InChI is InChI=1S/C13H16FNO3/c1-3-6-18-9(2)8-15-12-5-4-10(14)7-11(12)13(16)17/h3-5,7,9,15H,1,6,8H2,2H3,(H,16,17). The number of halogens is 1. The third-order valence-corrected chi connectivity index (χ3v) is 2.29. The molecule has 1 aromatic rings. The maximum atomic E-state index is 12.9. The lowest BCUT2D eigenvalue weighted by molar-refractivity contribution is 0.0696. The lowest BCUT2D eigenvalue weighted by Crippen LogP contribution is -2.21. The molecular weight excluding hydrogens is 237 g/mol. The van der Waals surface area contributed by atoms with Crippen LogP contribution in [0.25, 0.3) is 0 Å². The second-order valence-corrected chi connectivity index (χ2v) is 3.81. The Balaban J connectivity index is 2.66. The fourth-order valence-corrected chi connectivity index (χ4v) is 1.39. The molecule has 1 rings (SSSR count). The monoisotopic (exact) mass is 253 g/mol. The van der Waals surface area contributed by atoms with E-state index in [4.69, 9.17) is 9.84 Å². The Morgan fingerprint density at radius 2 is 2.39 bits per heavy atom. The molecule has 0 saturated carbocycles. The zero-order chi connectivity index (χ0) is 13.5. The number of nitrogens with one attached hydrogen (secondary N) is 1. The van der Waals surface area contributed by atoms with Gasteiger partial charge in [-0.05, 0) is 25.1 Å². The molecule has 1 aromatic carbocycles. The van der Waals surface area contributed by atoms with Gasteiger partial charge in [0, 0.05) is 12.2 Å². The van der Waals surface area contributed by atoms with Crippen molar-refractivity contribution >= 4 is 11.7 Å². The van der Waals surface area contributed by atoms with Gasteiger partial charge in [-0.3, -0.25) is 0 Å². The number of hydrogen-bond acceptors (Lipinski definition) is 3. The van der Waals surface area contributed by atoms with E-state index < -0.39 is 11.8 Å². The largest absolute Gasteiger partial charge is 0.478 e. The summed E-state index contributed by atoms with van der Waals surface area (Å²) in [7, 11) is 0. The van der Waals surface area contributed by atoms with Gasteiger partial charge in [0.15, 0.2) is 0 Å². The molecule has 0 aliphatic rings. The van der Waals surface area contributed by atoms with Crippen LogP contribution in [-0.2, 0) is 4.74 Å². The number of carboxylic acid groups (broad SMARTS) is 1. The molecule has 0 bridgehead atoms. The zero-order valence-electron chi connectivity index (χ0n) is 10.1. The molecule has 1 unspecified atom stereocenters. The maximum absolute atomic E-state index is 12.9. The third-order valence-electron chi connectivity index (χ3n) is 2.29. The van der Waals surface area contributed by atoms with Crippen LogP contribution in [0, 0.1) is 5.82 Å². The number of carboxylic acids is 1. The summed E-state index contributed by atoms with van der Waals surface area (Å²) >= 11 is 0. The molecule has 5 heteroatoms. The van der Waals surface area contributed by atoms with E-state index in [0.29, 0.717) is 18.8 Å². The second kappa shape index (κ2) is 6.76. The molecule has 0 aliphatic heterocycles. The summed E-state index contributed by atoms with van der Waals surface area (Å²) in [5.74, 6) is -1.74. The Morgan fingerprint density at radius 3 is 3.00 bits per heavy atom. The van der Waals surface area contributed by atoms with Gasteiger partial charge in [0.05, 0.1) is 18.3 Å². The minimum Gasteiger partial charge on any atom is -0.478 e. The summed E-state index contributed by atoms with van der Waals surface area (Å²) in [6.45, 7) is 6.24. The van der Waals surface area contributed by atoms with Crippen molar-refractivity contribution in [2.75, 3.05) is 18.5 Å². The Labute approximate surface area is 105 Å². The first-order valence-corrected chi connectivity index (χ1v) is 5.53. The number of anilines is 1. The van der Waals surface area contributed by atoms with E-state index in [1.807, 2.05) is 6.92 Å². The van der Waals surface area contributed by atoms with Crippen LogP contribution in [0.3, 0.4) is 0 Å². The van der Waals surface area contributed by atoms with Crippen LogP contribution in [0.2, 0.25) is 0 Å². The van der Waals surface area contributed by atoms with Gasteiger partial charge >= 0.3 is 5.97 Å². The van der Waals surface area contributed by atoms with Gasteiger partial charge < -0.3 is 15.2 Å². The van der Waals surface area contributed by atoms with Crippen LogP contribution in [0.4, 0.5) is 10.1 Å². The highest BCUT2D eigenvalue weighted by molar-refractivity contribution is 5.94. The fourth-order valence-electron chi connectivity index (χ4n) is 1.39. The molecule has 98 valence electrons. The molecule has 0 fully saturated rings. The predicted octanol–water partition coefficient (Wildman–Crippen LogP) is 2.53. The number of aromatic carboxylic acids is 1. The molecule has 18 heavy (non-hydrogen) atoms. The fraction of sp³-hybridized carbons (Fsp3) is 0.308. The Bertz CT molecular complexity index is 434. The van der Waals surface area contributed by atoms with Crippen LogP contribution in [0.15, 0.2) is 30.9 Å². The van der Waals surface area contributed by atoms with Crippen molar-refractivity contribution in [2.24, 2.45) is 0 Å². The van der Waals surface area contributed by atoms with Crippen LogP contribution < -0.4 is 5.32 Å². The van der Waals surface area contributed by atoms with E-state index in [9.17, 15) is 9.18 Å². The normalized spacial score (nSPS) is 11.9. The van der Waals surface area contributed by atoms with Crippen molar-refractivity contribution in [2.45, 2.75) is 13.0 Å². The lowest BCUT2D eigenvalue weighted by atomic mass is 10.1. The van der Waals surface area contributed by atoms with E-state index in [1.165, 1.54) is 12.1 Å². The minimum absolute atomic E-state index is 0.0917. The van der Waals surface area contributed by atoms with Crippen molar-refractivity contribution in [3.63, 3.8) is 0 Å². The molecule has 0 spiro atoms. The van der Waals surface area contributed by atoms with Crippen LogP contribution in [0.1, 0.15) is 17.3 Å². The summed E-state index contributed by atoms with van der Waals surface area (Å²) in [6, 6.07) is 3.60. The van der Waals surface area contributed by atoms with Crippen LogP contribution in [-0.4, -0.2) is 30.3 Å². The minimum atomic E-state index is -1.17. The molecule has 1 atom stereocenters. The van der Waals surface area contributed by atoms with Gasteiger partial charge in [-0.15, -0.1) is 6.58 Å². The van der Waals surface area contributed by atoms with Crippen LogP contribution >= 0.6 is 0 Å². The van der Waals surface area contributed by atoms with Gasteiger partial charge in [0.1, 0.15) is 5.82 Å². The summed E-state index contributed by atoms with van der Waals surface area (Å²) in [4.78, 5) is 10.9. The first-order chi connectivity index (χ1) is 8.54. The molecule has 0 heterocycles. The van der Waals surface area contributed by atoms with Crippen molar-refractivity contribution in [3.05, 3.63) is 42.2 Å². The summed E-state index contributed by atoms with van der Waals surface area (Å²) in [5.41, 5.74) is 0.281. The Kier molecular flexibility index (Phi) is 5.32. The molecule has 4 nitrogen and oxygen atoms in total. The van der Waals surface area contributed by atoms with Crippen molar-refractivity contribution < 1.29 is 19.0 Å². The SMILES string of the molecule is C=CCOC(C)CNc1ccc(F)cc1C(=O)O. The summed E-state index contributed by atoms with van der Waals surface area (Å²) in [6.07, 6.45) is 1.53. The van der Waals surface area contributed by atoms with E-state index in [0.717, 1.165) is 6.07 Å². The first-order valence-electron chi connectivity index (χ1n) is 5.53. The summed E-state index contributed by atoms with van der Waals surface area (Å²) in [5, 5.41) is 11.9. The maximum Gasteiger partial charge on any atom is 0.337 e. The highest BCUT2D eigenvalue weighted by Gasteiger charge is 2.11. The molecule has 0 aliphatic carbocycles. The number of hydrogen-bond donors (Lipinski definition) is 2. The second-order valence-electron chi connectivity index (χ2n) is 3.81. The topological polar surface area (TPSA) is 58.6 Å². The predicted molar refractivity (Wildman–Crippen MR) is 67.5 cm³/mol. The molecule has 0 aromatic heterocycles. The molecule has 2 N–H and O–H groups in total. The van der Waals surface area contributed by atoms with Crippen molar-refractivity contribution in [1.29, 1.82) is 0 Å². The smallest absolute Gasteiger partial charge is 0.337 e. The van der Waals surface area contributed by atoms with E-state index in [2.05, 4.69) is 11.9 Å². The summed E-state index contributed by atoms with van der Waals surface area (Å²) < 4.78 is 18.3. The van der Waals surface area contributed by atoms with Gasteiger partial charge in [0.2, 0.25) is 0 Å². The highest BCUT2D eigenvalue weighted by atomic mass is 19.1. The van der Waals surface area contributed by atoms with Crippen LogP contribution in [0.5, 0.6) is 0 Å². The number of rotatable bonds is 7. The van der Waals surface area contributed by atoms with E-state index in [1.54, 1.807) is 6.08 Å². The van der Waals surface area contributed by atoms with Gasteiger partial charge in [-0.2, -0.15) is 0 Å². The van der Waals surface area contributed by atoms with Crippen molar-refractivity contribution in [1.82, 2.24) is 0 Å². The number of ether oxygens (including phenoxy) is 1. The molecule has 0 saturated heterocycles. The first kappa shape index (κ1) is 14.2. The number of carbonyl (C=O) groups is 1. The average Bonchev–Trinajstić information content (AvgIpc) is 2.34. The van der Waals surface area contributed by atoms with Crippen molar-refractivity contribution in [3.8, 4) is 0 Å². The zero-order valence-corrected chi connectivity index (χ0v) is 10.1. The number of benzene rings is 1. The molecule has 0 radical (unpaired) electrons. The quantitative estimate of drug-likeness (QED) is 0.733. The molecular formula is C13H16FNO3. The highest BCUT2D eigenvalue weighted by Crippen LogP contribution is 2.17. The van der Waals surface area contributed by atoms with E-state index >= 15 is 0 Å². The van der Waals surface area contributed by atoms with Gasteiger partial charge in [0.25, 0.3) is 0 Å². The van der Waals surface area contributed by atoms with E-state index in [-0.39, 0.29) is 11.7 Å².